The summed E-state index contributed by atoms with van der Waals surface area (Å²) >= 11 is 1.43. The first-order chi connectivity index (χ1) is 9.73. The lowest BCUT2D eigenvalue weighted by Crippen LogP contribution is -2.50. The van der Waals surface area contributed by atoms with Crippen LogP contribution in [0.3, 0.4) is 0 Å². The number of ether oxygens (including phenoxy) is 3. The Balaban J connectivity index is 2.12. The van der Waals surface area contributed by atoms with Gasteiger partial charge in [0.25, 0.3) is 0 Å². The molecule has 0 saturated carbocycles. The monoisotopic (exact) mass is 319 g/mol. The second-order valence-electron chi connectivity index (χ2n) is 6.04. The van der Waals surface area contributed by atoms with Gasteiger partial charge in [0.05, 0.1) is 20.2 Å². The molecule has 0 aromatic rings. The first-order valence-corrected chi connectivity index (χ1v) is 7.94. The van der Waals surface area contributed by atoms with E-state index in [4.69, 9.17) is 14.2 Å². The standard InChI is InChI=1S/C14H24FN2O3S/c1-8(15)11-12-9(19-14(2,3)20-12)7-10(18-11)21-13(16-4)17(5)6/h8-12H,4,7H2,1-3,5-6H3/q+1. The molecule has 0 aliphatic carbocycles. The summed E-state index contributed by atoms with van der Waals surface area (Å²) in [4.78, 5) is 1.86. The fourth-order valence-electron chi connectivity index (χ4n) is 2.67. The highest BCUT2D eigenvalue weighted by molar-refractivity contribution is 8.14. The number of fused-ring (bicyclic) bond motifs is 1. The van der Waals surface area contributed by atoms with Crippen molar-refractivity contribution >= 4 is 23.6 Å². The summed E-state index contributed by atoms with van der Waals surface area (Å²) in [5.41, 5.74) is -0.227. The van der Waals surface area contributed by atoms with Crippen molar-refractivity contribution in [1.82, 2.24) is 9.57 Å². The molecule has 0 amide bonds. The van der Waals surface area contributed by atoms with Gasteiger partial charge in [0, 0.05) is 18.2 Å². The van der Waals surface area contributed by atoms with E-state index in [9.17, 15) is 4.39 Å². The Morgan fingerprint density at radius 1 is 1.43 bits per heavy atom. The van der Waals surface area contributed by atoms with E-state index in [1.165, 1.54) is 18.7 Å². The maximum Gasteiger partial charge on any atom is 0.407 e. The Kier molecular flexibility index (Phi) is 5.00. The van der Waals surface area contributed by atoms with E-state index in [0.717, 1.165) is 5.17 Å². The van der Waals surface area contributed by atoms with Crippen LogP contribution in [0.5, 0.6) is 0 Å². The summed E-state index contributed by atoms with van der Waals surface area (Å²) < 4.78 is 35.5. The molecule has 2 rings (SSSR count). The van der Waals surface area contributed by atoms with Crippen LogP contribution in [0, 0.1) is 0 Å². The van der Waals surface area contributed by atoms with Crippen molar-refractivity contribution in [2.24, 2.45) is 0 Å². The lowest BCUT2D eigenvalue weighted by molar-refractivity contribution is -0.161. The highest BCUT2D eigenvalue weighted by Gasteiger charge is 2.52. The zero-order chi connectivity index (χ0) is 15.8. The van der Waals surface area contributed by atoms with Crippen LogP contribution in [0.25, 0.3) is 0 Å². The zero-order valence-corrected chi connectivity index (χ0v) is 14.0. The van der Waals surface area contributed by atoms with E-state index >= 15 is 0 Å². The van der Waals surface area contributed by atoms with Crippen LogP contribution >= 0.6 is 11.8 Å². The number of halogens is 1. The smallest absolute Gasteiger partial charge is 0.358 e. The molecular weight excluding hydrogens is 295 g/mol. The molecule has 120 valence electrons. The first kappa shape index (κ1) is 16.8. The molecule has 2 aliphatic rings. The Bertz CT molecular complexity index is 438. The van der Waals surface area contributed by atoms with Gasteiger partial charge in [-0.25, -0.2) is 14.0 Å². The van der Waals surface area contributed by atoms with Crippen LogP contribution in [-0.4, -0.2) is 66.6 Å². The van der Waals surface area contributed by atoms with Gasteiger partial charge in [-0.05, 0) is 20.8 Å². The van der Waals surface area contributed by atoms with Crippen LogP contribution < -0.4 is 4.67 Å². The van der Waals surface area contributed by atoms with Gasteiger partial charge in [-0.15, -0.1) is 0 Å². The fourth-order valence-corrected chi connectivity index (χ4v) is 3.66. The van der Waals surface area contributed by atoms with Crippen LogP contribution in [0.1, 0.15) is 27.2 Å². The van der Waals surface area contributed by atoms with Gasteiger partial charge in [0.1, 0.15) is 23.8 Å². The normalized spacial score (nSPS) is 35.7. The van der Waals surface area contributed by atoms with E-state index < -0.39 is 18.1 Å². The minimum absolute atomic E-state index is 0.164. The van der Waals surface area contributed by atoms with Gasteiger partial charge in [-0.3, -0.25) is 0 Å². The van der Waals surface area contributed by atoms with Crippen molar-refractivity contribution in [1.29, 1.82) is 0 Å². The molecule has 5 unspecified atom stereocenters. The average molecular weight is 319 g/mol. The van der Waals surface area contributed by atoms with E-state index in [1.807, 2.05) is 32.8 Å². The maximum absolute atomic E-state index is 13.9. The molecule has 2 heterocycles. The minimum atomic E-state index is -1.13. The van der Waals surface area contributed by atoms with Gasteiger partial charge in [0.15, 0.2) is 12.5 Å². The molecule has 2 fully saturated rings. The molecule has 21 heavy (non-hydrogen) atoms. The number of nitrogens with zero attached hydrogens (tertiary/aromatic N) is 2. The molecule has 0 aromatic heterocycles. The van der Waals surface area contributed by atoms with E-state index in [0.29, 0.717) is 6.42 Å². The molecule has 0 radical (unpaired) electrons. The van der Waals surface area contributed by atoms with E-state index in [2.05, 4.69) is 11.4 Å². The Morgan fingerprint density at radius 2 is 2.10 bits per heavy atom. The summed E-state index contributed by atoms with van der Waals surface area (Å²) in [5, 5.41) is 0.738. The second kappa shape index (κ2) is 6.26. The maximum atomic E-state index is 13.9. The highest BCUT2D eigenvalue weighted by Crippen LogP contribution is 2.41. The number of rotatable bonds is 2. The zero-order valence-electron chi connectivity index (χ0n) is 13.2. The summed E-state index contributed by atoms with van der Waals surface area (Å²) in [6.45, 7) is 8.73. The molecule has 2 aliphatic heterocycles. The summed E-state index contributed by atoms with van der Waals surface area (Å²) in [6.07, 6.45) is -1.65. The van der Waals surface area contributed by atoms with E-state index in [-0.39, 0.29) is 17.6 Å². The number of hydrogen-bond donors (Lipinski definition) is 0. The quantitative estimate of drug-likeness (QED) is 0.437. The van der Waals surface area contributed by atoms with E-state index in [1.54, 1.807) is 0 Å². The van der Waals surface area contributed by atoms with Gasteiger partial charge >= 0.3 is 5.17 Å². The third-order valence-electron chi connectivity index (χ3n) is 3.49. The SMILES string of the molecule is C=[N+]=C(SC1CC2OC(C)(C)OC2C(C(C)F)O1)N(C)C. The summed E-state index contributed by atoms with van der Waals surface area (Å²) in [6, 6.07) is 0. The molecule has 0 bridgehead atoms. The van der Waals surface area contributed by atoms with Crippen molar-refractivity contribution in [3.8, 4) is 0 Å². The molecule has 2 saturated heterocycles. The molecule has 0 spiro atoms. The molecule has 5 nitrogen and oxygen atoms in total. The lowest BCUT2D eigenvalue weighted by atomic mass is 9.99. The highest BCUT2D eigenvalue weighted by atomic mass is 32.2. The topological polar surface area (TPSA) is 45.0 Å². The van der Waals surface area contributed by atoms with Crippen LogP contribution in [0.2, 0.25) is 0 Å². The number of amidine groups is 1. The molecular formula is C14H24FN2O3S+. The summed E-state index contributed by atoms with van der Waals surface area (Å²) in [5.74, 6) is -0.698. The first-order valence-electron chi connectivity index (χ1n) is 7.06. The number of thioether (sulfide) groups is 1. The fraction of sp³-hybridized carbons (Fsp3) is 0.857. The van der Waals surface area contributed by atoms with Gasteiger partial charge in [-0.1, -0.05) is 0 Å². The van der Waals surface area contributed by atoms with Crippen LogP contribution in [-0.2, 0) is 14.2 Å². The molecule has 7 heteroatoms. The minimum Gasteiger partial charge on any atom is -0.358 e. The Hall–Kier alpha value is -0.590. The predicted molar refractivity (Wildman–Crippen MR) is 83.2 cm³/mol. The largest absolute Gasteiger partial charge is 0.407 e. The summed E-state index contributed by atoms with van der Waals surface area (Å²) in [7, 11) is 3.77. The molecule has 0 aromatic carbocycles. The molecule has 0 N–H and O–H groups in total. The van der Waals surface area contributed by atoms with Crippen molar-refractivity contribution in [3.63, 3.8) is 0 Å². The predicted octanol–water partition coefficient (Wildman–Crippen LogP) is 1.40. The van der Waals surface area contributed by atoms with Crippen molar-refractivity contribution in [2.45, 2.75) is 62.9 Å². The van der Waals surface area contributed by atoms with Crippen LogP contribution in [0.4, 0.5) is 4.39 Å². The van der Waals surface area contributed by atoms with Crippen LogP contribution in [0.15, 0.2) is 0 Å². The van der Waals surface area contributed by atoms with Gasteiger partial charge in [0.2, 0.25) is 0 Å². The molecule has 5 atom stereocenters. The van der Waals surface area contributed by atoms with Gasteiger partial charge in [-0.2, -0.15) is 0 Å². The Morgan fingerprint density at radius 3 is 2.62 bits per heavy atom. The van der Waals surface area contributed by atoms with Crippen molar-refractivity contribution < 1.29 is 18.6 Å². The average Bonchev–Trinajstić information content (AvgIpc) is 2.67. The lowest BCUT2D eigenvalue weighted by Gasteiger charge is -2.36. The van der Waals surface area contributed by atoms with Gasteiger partial charge < -0.3 is 14.2 Å². The number of hydrogen-bond acceptors (Lipinski definition) is 4. The third-order valence-corrected chi connectivity index (χ3v) is 4.76. The third kappa shape index (κ3) is 3.79. The van der Waals surface area contributed by atoms with Crippen molar-refractivity contribution in [3.05, 3.63) is 0 Å². The second-order valence-corrected chi connectivity index (χ2v) is 7.16. The number of alkyl halides is 1. The van der Waals surface area contributed by atoms with Crippen molar-refractivity contribution in [2.75, 3.05) is 14.1 Å². The Labute approximate surface area is 129 Å².